The van der Waals surface area contributed by atoms with E-state index in [0.717, 1.165) is 11.4 Å². The second kappa shape index (κ2) is 5.61. The number of nitrogens with zero attached hydrogens (tertiary/aromatic N) is 1. The lowest BCUT2D eigenvalue weighted by Gasteiger charge is -2.23. The van der Waals surface area contributed by atoms with Gasteiger partial charge in [0.25, 0.3) is 0 Å². The molecule has 1 rings (SSSR count). The first-order valence-corrected chi connectivity index (χ1v) is 6.19. The number of aliphatic hydroxyl groups excluding tert-OH is 1. The fourth-order valence-corrected chi connectivity index (χ4v) is 1.48. The van der Waals surface area contributed by atoms with Crippen LogP contribution in [0.25, 0.3) is 0 Å². The summed E-state index contributed by atoms with van der Waals surface area (Å²) in [5.41, 5.74) is 1.78. The molecule has 0 spiro atoms. The third-order valence-electron chi connectivity index (χ3n) is 2.55. The van der Waals surface area contributed by atoms with Crippen molar-refractivity contribution >= 4 is 0 Å². The van der Waals surface area contributed by atoms with Gasteiger partial charge in [-0.2, -0.15) is 0 Å². The Kier molecular flexibility index (Phi) is 4.66. The van der Waals surface area contributed by atoms with Crippen LogP contribution in [0.5, 0.6) is 0 Å². The SMILES string of the molecule is CC(C)c1cccc(C(O)CNC(C)(C)C)n1. The molecule has 1 unspecified atom stereocenters. The van der Waals surface area contributed by atoms with Crippen LogP contribution in [0.1, 0.15) is 58.0 Å². The molecule has 0 aliphatic heterocycles. The van der Waals surface area contributed by atoms with Crippen molar-refractivity contribution in [2.45, 2.75) is 52.2 Å². The van der Waals surface area contributed by atoms with E-state index >= 15 is 0 Å². The van der Waals surface area contributed by atoms with Crippen molar-refractivity contribution in [2.24, 2.45) is 0 Å². The number of hydrogen-bond acceptors (Lipinski definition) is 3. The Balaban J connectivity index is 2.69. The van der Waals surface area contributed by atoms with Gasteiger partial charge in [-0.15, -0.1) is 0 Å². The van der Waals surface area contributed by atoms with Gasteiger partial charge >= 0.3 is 0 Å². The minimum atomic E-state index is -0.548. The van der Waals surface area contributed by atoms with Gasteiger partial charge in [-0.25, -0.2) is 0 Å². The zero-order valence-corrected chi connectivity index (χ0v) is 11.5. The smallest absolute Gasteiger partial charge is 0.108 e. The molecule has 0 fully saturated rings. The molecule has 0 bridgehead atoms. The lowest BCUT2D eigenvalue weighted by Crippen LogP contribution is -2.38. The van der Waals surface area contributed by atoms with Crippen LogP contribution in [0.4, 0.5) is 0 Å². The summed E-state index contributed by atoms with van der Waals surface area (Å²) >= 11 is 0. The van der Waals surface area contributed by atoms with Crippen LogP contribution >= 0.6 is 0 Å². The normalized spacial score (nSPS) is 14.1. The molecule has 0 aliphatic rings. The first-order chi connectivity index (χ1) is 7.79. The average Bonchev–Trinajstić information content (AvgIpc) is 2.25. The Morgan fingerprint density at radius 3 is 2.35 bits per heavy atom. The average molecular weight is 236 g/mol. The Morgan fingerprint density at radius 2 is 1.82 bits per heavy atom. The molecule has 0 aromatic carbocycles. The predicted octanol–water partition coefficient (Wildman–Crippen LogP) is 2.63. The maximum Gasteiger partial charge on any atom is 0.108 e. The van der Waals surface area contributed by atoms with Crippen LogP contribution in [0.2, 0.25) is 0 Å². The van der Waals surface area contributed by atoms with Gasteiger partial charge in [-0.3, -0.25) is 4.98 Å². The summed E-state index contributed by atoms with van der Waals surface area (Å²) in [6.45, 7) is 11.0. The highest BCUT2D eigenvalue weighted by Crippen LogP contribution is 2.16. The van der Waals surface area contributed by atoms with Gasteiger partial charge in [0.05, 0.1) is 5.69 Å². The number of rotatable bonds is 4. The van der Waals surface area contributed by atoms with E-state index in [9.17, 15) is 5.11 Å². The lowest BCUT2D eigenvalue weighted by molar-refractivity contribution is 0.158. The van der Waals surface area contributed by atoms with E-state index in [-0.39, 0.29) is 5.54 Å². The summed E-state index contributed by atoms with van der Waals surface area (Å²) in [6.07, 6.45) is -0.548. The molecule has 3 heteroatoms. The molecule has 1 atom stereocenters. The highest BCUT2D eigenvalue weighted by molar-refractivity contribution is 5.15. The largest absolute Gasteiger partial charge is 0.385 e. The van der Waals surface area contributed by atoms with E-state index in [2.05, 4.69) is 44.9 Å². The summed E-state index contributed by atoms with van der Waals surface area (Å²) in [5, 5.41) is 13.3. The van der Waals surface area contributed by atoms with Crippen molar-refractivity contribution in [1.29, 1.82) is 0 Å². The molecule has 0 saturated heterocycles. The van der Waals surface area contributed by atoms with E-state index < -0.39 is 6.10 Å². The van der Waals surface area contributed by atoms with Crippen molar-refractivity contribution in [3.63, 3.8) is 0 Å². The standard InChI is InChI=1S/C14H24N2O/c1-10(2)11-7-6-8-12(16-11)13(17)9-15-14(3,4)5/h6-8,10,13,15,17H,9H2,1-5H3. The molecule has 1 aromatic rings. The van der Waals surface area contributed by atoms with Crippen LogP contribution in [-0.4, -0.2) is 22.2 Å². The lowest BCUT2D eigenvalue weighted by atomic mass is 10.1. The zero-order chi connectivity index (χ0) is 13.1. The number of hydrogen-bond donors (Lipinski definition) is 2. The van der Waals surface area contributed by atoms with Gasteiger partial charge in [0.2, 0.25) is 0 Å². The molecule has 3 nitrogen and oxygen atoms in total. The molecular formula is C14H24N2O. The van der Waals surface area contributed by atoms with Crippen LogP contribution in [0, 0.1) is 0 Å². The molecule has 2 N–H and O–H groups in total. The van der Waals surface area contributed by atoms with Gasteiger partial charge in [0.1, 0.15) is 6.10 Å². The van der Waals surface area contributed by atoms with Gasteiger partial charge in [0, 0.05) is 17.8 Å². The first-order valence-electron chi connectivity index (χ1n) is 6.19. The van der Waals surface area contributed by atoms with E-state index in [4.69, 9.17) is 0 Å². The van der Waals surface area contributed by atoms with Gasteiger partial charge in [-0.1, -0.05) is 19.9 Å². The fourth-order valence-electron chi connectivity index (χ4n) is 1.48. The van der Waals surface area contributed by atoms with E-state index in [1.807, 2.05) is 18.2 Å². The highest BCUT2D eigenvalue weighted by atomic mass is 16.3. The highest BCUT2D eigenvalue weighted by Gasteiger charge is 2.15. The summed E-state index contributed by atoms with van der Waals surface area (Å²) in [7, 11) is 0. The topological polar surface area (TPSA) is 45.1 Å². The van der Waals surface area contributed by atoms with Crippen molar-refractivity contribution in [3.05, 3.63) is 29.6 Å². The third kappa shape index (κ3) is 4.84. The molecule has 0 saturated carbocycles. The minimum absolute atomic E-state index is 0.0106. The molecule has 0 amide bonds. The summed E-state index contributed by atoms with van der Waals surface area (Å²) in [4.78, 5) is 4.48. The molecule has 17 heavy (non-hydrogen) atoms. The molecule has 1 aromatic heterocycles. The maximum absolute atomic E-state index is 10.1. The minimum Gasteiger partial charge on any atom is -0.385 e. The van der Waals surface area contributed by atoms with Gasteiger partial charge in [0.15, 0.2) is 0 Å². The summed E-state index contributed by atoms with van der Waals surface area (Å²) < 4.78 is 0. The van der Waals surface area contributed by atoms with Crippen LogP contribution in [0.15, 0.2) is 18.2 Å². The van der Waals surface area contributed by atoms with Crippen molar-refractivity contribution < 1.29 is 5.11 Å². The Morgan fingerprint density at radius 1 is 1.24 bits per heavy atom. The predicted molar refractivity (Wildman–Crippen MR) is 71.0 cm³/mol. The van der Waals surface area contributed by atoms with E-state index in [0.29, 0.717) is 12.5 Å². The number of nitrogens with one attached hydrogen (secondary N) is 1. The van der Waals surface area contributed by atoms with E-state index in [1.54, 1.807) is 0 Å². The first kappa shape index (κ1) is 14.1. The quantitative estimate of drug-likeness (QED) is 0.844. The Bertz CT molecular complexity index is 355. The van der Waals surface area contributed by atoms with Gasteiger partial charge < -0.3 is 10.4 Å². The summed E-state index contributed by atoms with van der Waals surface area (Å²) in [5.74, 6) is 0.387. The molecular weight excluding hydrogens is 212 g/mol. The molecule has 1 heterocycles. The van der Waals surface area contributed by atoms with Crippen LogP contribution in [-0.2, 0) is 0 Å². The van der Waals surface area contributed by atoms with Crippen molar-refractivity contribution in [2.75, 3.05) is 6.54 Å². The van der Waals surface area contributed by atoms with Crippen LogP contribution < -0.4 is 5.32 Å². The molecule has 0 radical (unpaired) electrons. The number of aliphatic hydroxyl groups is 1. The van der Waals surface area contributed by atoms with Gasteiger partial charge in [-0.05, 0) is 38.8 Å². The number of aromatic nitrogens is 1. The monoisotopic (exact) mass is 236 g/mol. The Hall–Kier alpha value is -0.930. The Labute approximate surface area is 104 Å². The second-order valence-electron chi connectivity index (χ2n) is 5.79. The fraction of sp³-hybridized carbons (Fsp3) is 0.643. The maximum atomic E-state index is 10.1. The summed E-state index contributed by atoms with van der Waals surface area (Å²) in [6, 6.07) is 5.83. The van der Waals surface area contributed by atoms with Crippen LogP contribution in [0.3, 0.4) is 0 Å². The molecule has 0 aliphatic carbocycles. The number of β-amino-alcohol motifs (C(OH)–C–C–N with tert-alkyl or cyclic N) is 1. The van der Waals surface area contributed by atoms with Crippen molar-refractivity contribution in [3.8, 4) is 0 Å². The number of pyridine rings is 1. The third-order valence-corrected chi connectivity index (χ3v) is 2.55. The second-order valence-corrected chi connectivity index (χ2v) is 5.79. The zero-order valence-electron chi connectivity index (χ0n) is 11.5. The molecule has 96 valence electrons. The van der Waals surface area contributed by atoms with Crippen molar-refractivity contribution in [1.82, 2.24) is 10.3 Å². The van der Waals surface area contributed by atoms with E-state index in [1.165, 1.54) is 0 Å².